The Balaban J connectivity index is 1.69. The van der Waals surface area contributed by atoms with Gasteiger partial charge in [0.1, 0.15) is 11.5 Å². The second-order valence-corrected chi connectivity index (χ2v) is 6.76. The molecule has 0 radical (unpaired) electrons. The van der Waals surface area contributed by atoms with Gasteiger partial charge in [0.05, 0.1) is 0 Å². The fourth-order valence-corrected chi connectivity index (χ4v) is 3.12. The van der Waals surface area contributed by atoms with E-state index < -0.39 is 0 Å². The molecule has 2 rings (SSSR count). The van der Waals surface area contributed by atoms with Gasteiger partial charge in [0, 0.05) is 24.0 Å². The van der Waals surface area contributed by atoms with Gasteiger partial charge in [0.25, 0.3) is 0 Å². The van der Waals surface area contributed by atoms with Gasteiger partial charge < -0.3 is 10.2 Å². The zero-order valence-electron chi connectivity index (χ0n) is 15.4. The Hall–Kier alpha value is -2.62. The van der Waals surface area contributed by atoms with Gasteiger partial charge in [0.2, 0.25) is 0 Å². The Kier molecular flexibility index (Phi) is 6.96. The lowest BCUT2D eigenvalue weighted by molar-refractivity contribution is 0.0965. The van der Waals surface area contributed by atoms with Crippen LogP contribution in [0.25, 0.3) is 0 Å². The summed E-state index contributed by atoms with van der Waals surface area (Å²) in [6.45, 7) is 3.65. The molecule has 2 N–H and O–H groups in total. The maximum absolute atomic E-state index is 12.2. The highest BCUT2D eigenvalue weighted by Crippen LogP contribution is 2.20. The Morgan fingerprint density at radius 2 is 1.08 bits per heavy atom. The minimum absolute atomic E-state index is 0.0956. The average molecular weight is 354 g/mol. The van der Waals surface area contributed by atoms with Crippen LogP contribution in [0, 0.1) is 13.8 Å². The van der Waals surface area contributed by atoms with Crippen LogP contribution in [-0.4, -0.2) is 21.8 Å². The number of Topliss-reactive ketones (excluding diaryl/α,β-unsaturated/α-hetero) is 2. The second-order valence-electron chi connectivity index (χ2n) is 6.76. The van der Waals surface area contributed by atoms with Gasteiger partial charge in [0.15, 0.2) is 11.6 Å². The summed E-state index contributed by atoms with van der Waals surface area (Å²) in [6, 6.07) is 9.62. The number of benzene rings is 2. The number of carbonyl (C=O) groups excluding carboxylic acids is 2. The summed E-state index contributed by atoms with van der Waals surface area (Å²) >= 11 is 0. The van der Waals surface area contributed by atoms with Crippen LogP contribution in [0.3, 0.4) is 0 Å². The molecule has 26 heavy (non-hydrogen) atoms. The van der Waals surface area contributed by atoms with E-state index in [0.717, 1.165) is 36.8 Å². The highest BCUT2D eigenvalue weighted by atomic mass is 16.3. The second kappa shape index (κ2) is 9.18. The summed E-state index contributed by atoms with van der Waals surface area (Å²) in [5, 5.41) is 18.8. The van der Waals surface area contributed by atoms with Crippen LogP contribution < -0.4 is 0 Å². The van der Waals surface area contributed by atoms with Gasteiger partial charge in [-0.15, -0.1) is 0 Å². The van der Waals surface area contributed by atoms with Gasteiger partial charge in [-0.05, 0) is 74.2 Å². The molecular weight excluding hydrogens is 328 g/mol. The van der Waals surface area contributed by atoms with Crippen molar-refractivity contribution in [3.05, 3.63) is 58.7 Å². The highest BCUT2D eigenvalue weighted by molar-refractivity contribution is 5.98. The fourth-order valence-electron chi connectivity index (χ4n) is 3.12. The molecule has 0 aliphatic heterocycles. The lowest BCUT2D eigenvalue weighted by Crippen LogP contribution is -2.02. The molecule has 0 aliphatic rings. The Morgan fingerprint density at radius 3 is 1.42 bits per heavy atom. The van der Waals surface area contributed by atoms with Crippen LogP contribution in [0.4, 0.5) is 0 Å². The maximum Gasteiger partial charge on any atom is 0.163 e. The molecule has 0 saturated heterocycles. The smallest absolute Gasteiger partial charge is 0.163 e. The van der Waals surface area contributed by atoms with Crippen molar-refractivity contribution in [2.75, 3.05) is 0 Å². The van der Waals surface area contributed by atoms with E-state index in [1.807, 2.05) is 13.8 Å². The number of hydrogen-bond donors (Lipinski definition) is 2. The Labute approximate surface area is 154 Å². The standard InChI is InChI=1S/C22H26O4/c1-15-13-17(23)9-11-19(15)21(25)7-5-3-4-6-8-22(26)20-12-10-18(24)14-16(20)2/h9-14,23-24H,3-8H2,1-2H3. The molecule has 0 saturated carbocycles. The van der Waals surface area contributed by atoms with Crippen LogP contribution in [0.2, 0.25) is 0 Å². The van der Waals surface area contributed by atoms with Crippen LogP contribution in [0.5, 0.6) is 11.5 Å². The normalized spacial score (nSPS) is 10.7. The van der Waals surface area contributed by atoms with Crippen molar-refractivity contribution in [3.63, 3.8) is 0 Å². The van der Waals surface area contributed by atoms with E-state index in [4.69, 9.17) is 0 Å². The number of hydrogen-bond acceptors (Lipinski definition) is 4. The molecular formula is C22H26O4. The van der Waals surface area contributed by atoms with Gasteiger partial charge in [-0.25, -0.2) is 0 Å². The first-order chi connectivity index (χ1) is 12.4. The molecule has 0 unspecified atom stereocenters. The zero-order valence-corrected chi connectivity index (χ0v) is 15.4. The molecule has 2 aromatic rings. The number of aryl methyl sites for hydroxylation is 2. The molecule has 0 spiro atoms. The van der Waals surface area contributed by atoms with Crippen molar-refractivity contribution in [1.82, 2.24) is 0 Å². The molecule has 0 atom stereocenters. The van der Waals surface area contributed by atoms with Crippen molar-refractivity contribution < 1.29 is 19.8 Å². The van der Waals surface area contributed by atoms with E-state index in [-0.39, 0.29) is 23.1 Å². The number of rotatable bonds is 9. The van der Waals surface area contributed by atoms with E-state index in [1.54, 1.807) is 24.3 Å². The lowest BCUT2D eigenvalue weighted by atomic mass is 9.98. The summed E-state index contributed by atoms with van der Waals surface area (Å²) in [7, 11) is 0. The lowest BCUT2D eigenvalue weighted by Gasteiger charge is -2.07. The SMILES string of the molecule is Cc1cc(O)ccc1C(=O)CCCCCCC(=O)c1ccc(O)cc1C. The Morgan fingerprint density at radius 1 is 0.692 bits per heavy atom. The number of unbranched alkanes of at least 4 members (excludes halogenated alkanes) is 3. The molecule has 4 heteroatoms. The van der Waals surface area contributed by atoms with E-state index in [1.165, 1.54) is 12.1 Å². The highest BCUT2D eigenvalue weighted by Gasteiger charge is 2.11. The molecule has 0 heterocycles. The third-order valence-electron chi connectivity index (χ3n) is 4.58. The predicted molar refractivity (Wildman–Crippen MR) is 102 cm³/mol. The van der Waals surface area contributed by atoms with Crippen LogP contribution >= 0.6 is 0 Å². The number of phenols is 2. The van der Waals surface area contributed by atoms with Crippen molar-refractivity contribution in [3.8, 4) is 11.5 Å². The summed E-state index contributed by atoms with van der Waals surface area (Å²) in [5.41, 5.74) is 2.93. The largest absolute Gasteiger partial charge is 0.508 e. The quantitative estimate of drug-likeness (QED) is 0.484. The first-order valence-corrected chi connectivity index (χ1v) is 9.04. The van der Waals surface area contributed by atoms with E-state index in [0.29, 0.717) is 24.0 Å². The summed E-state index contributed by atoms with van der Waals surface area (Å²) in [4.78, 5) is 24.4. The van der Waals surface area contributed by atoms with Gasteiger partial charge in [-0.1, -0.05) is 12.8 Å². The molecule has 2 aromatic carbocycles. The maximum atomic E-state index is 12.2. The average Bonchev–Trinajstić information content (AvgIpc) is 2.57. The van der Waals surface area contributed by atoms with Crippen molar-refractivity contribution in [2.45, 2.75) is 52.4 Å². The third kappa shape index (κ3) is 5.45. The third-order valence-corrected chi connectivity index (χ3v) is 4.58. The van der Waals surface area contributed by atoms with E-state index in [2.05, 4.69) is 0 Å². The first-order valence-electron chi connectivity index (χ1n) is 9.04. The van der Waals surface area contributed by atoms with E-state index in [9.17, 15) is 19.8 Å². The topological polar surface area (TPSA) is 74.6 Å². The minimum Gasteiger partial charge on any atom is -0.508 e. The molecule has 0 amide bonds. The number of aromatic hydroxyl groups is 2. The summed E-state index contributed by atoms with van der Waals surface area (Å²) in [6.07, 6.45) is 4.37. The van der Waals surface area contributed by atoms with Crippen LogP contribution in [0.15, 0.2) is 36.4 Å². The van der Waals surface area contributed by atoms with Crippen molar-refractivity contribution >= 4 is 11.6 Å². The van der Waals surface area contributed by atoms with Crippen LogP contribution in [-0.2, 0) is 0 Å². The summed E-state index contributed by atoms with van der Waals surface area (Å²) < 4.78 is 0. The Bertz CT molecular complexity index is 725. The van der Waals surface area contributed by atoms with Gasteiger partial charge in [-0.2, -0.15) is 0 Å². The molecule has 0 aliphatic carbocycles. The predicted octanol–water partition coefficient (Wildman–Crippen LogP) is 5.12. The van der Waals surface area contributed by atoms with Gasteiger partial charge >= 0.3 is 0 Å². The van der Waals surface area contributed by atoms with E-state index >= 15 is 0 Å². The zero-order chi connectivity index (χ0) is 19.1. The number of phenolic OH excluding ortho intramolecular Hbond substituents is 2. The van der Waals surface area contributed by atoms with Crippen LogP contribution in [0.1, 0.15) is 70.4 Å². The minimum atomic E-state index is 0.0956. The number of carbonyl (C=O) groups is 2. The molecule has 138 valence electrons. The molecule has 0 fully saturated rings. The fraction of sp³-hybridized carbons (Fsp3) is 0.364. The number of ketones is 2. The molecule has 0 bridgehead atoms. The van der Waals surface area contributed by atoms with Crippen molar-refractivity contribution in [2.24, 2.45) is 0 Å². The first kappa shape index (κ1) is 19.7. The van der Waals surface area contributed by atoms with Crippen molar-refractivity contribution in [1.29, 1.82) is 0 Å². The van der Waals surface area contributed by atoms with Gasteiger partial charge in [-0.3, -0.25) is 9.59 Å². The molecule has 4 nitrogen and oxygen atoms in total. The molecule has 0 aromatic heterocycles. The monoisotopic (exact) mass is 354 g/mol. The summed E-state index contributed by atoms with van der Waals surface area (Å²) in [5.74, 6) is 0.539.